The average molecular weight is 142 g/mol. The van der Waals surface area contributed by atoms with Gasteiger partial charge in [0.15, 0.2) is 0 Å². The predicted octanol–water partition coefficient (Wildman–Crippen LogP) is -1.93. The van der Waals surface area contributed by atoms with Crippen LogP contribution in [0.25, 0.3) is 0 Å². The number of esters is 1. The van der Waals surface area contributed by atoms with E-state index in [-0.39, 0.29) is 64.9 Å². The van der Waals surface area contributed by atoms with Crippen LogP contribution in [0.3, 0.4) is 0 Å². The van der Waals surface area contributed by atoms with Crippen LogP contribution >= 0.6 is 0 Å². The van der Waals surface area contributed by atoms with Gasteiger partial charge in [0.1, 0.15) is 0 Å². The molecule has 0 aromatic carbocycles. The van der Waals surface area contributed by atoms with E-state index in [1.54, 1.807) is 0 Å². The van der Waals surface area contributed by atoms with Crippen LogP contribution in [0.2, 0.25) is 0 Å². The first-order valence-electron chi connectivity index (χ1n) is 2.30. The monoisotopic (exact) mass is 142 g/mol. The van der Waals surface area contributed by atoms with Gasteiger partial charge in [0.25, 0.3) is 0 Å². The summed E-state index contributed by atoms with van der Waals surface area (Å²) in [5.41, 5.74) is 0. The summed E-state index contributed by atoms with van der Waals surface area (Å²) in [5.74, 6) is -0.213. The van der Waals surface area contributed by atoms with Crippen LogP contribution in [-0.4, -0.2) is 12.1 Å². The van der Waals surface area contributed by atoms with Crippen LogP contribution < -0.4 is 51.4 Å². The molecule has 0 aromatic heterocycles. The number of carbonyl (C=O) groups excluding carboxylic acids is 1. The van der Waals surface area contributed by atoms with Gasteiger partial charge in [-0.15, -0.1) is 0 Å². The van der Waals surface area contributed by atoms with Crippen LogP contribution in [0, 0.1) is 0 Å². The van der Waals surface area contributed by atoms with Gasteiger partial charge in [0.05, 0.1) is 6.10 Å². The molecule has 0 aliphatic heterocycles. The number of ether oxygens (including phenoxy) is 1. The minimum atomic E-state index is -0.213. The quantitative estimate of drug-likeness (QED) is 0.315. The Kier molecular flexibility index (Phi) is 9.23. The maximum atomic E-state index is 10.0. The fraction of sp³-hybridized carbons (Fsp3) is 0.800. The third-order valence-electron chi connectivity index (χ3n) is 0.402. The third kappa shape index (κ3) is 10.2. The number of carbonyl (C=O) groups is 1. The maximum absolute atomic E-state index is 10.0. The van der Waals surface area contributed by atoms with Gasteiger partial charge in [-0.05, 0) is 13.8 Å². The SMILES string of the molecule is CC(=O)OC(C)C.[H-].[K+]. The number of hydrogen-bond acceptors (Lipinski definition) is 2. The van der Waals surface area contributed by atoms with Crippen molar-refractivity contribution in [2.24, 2.45) is 0 Å². The zero-order valence-electron chi connectivity index (χ0n) is 6.89. The van der Waals surface area contributed by atoms with Gasteiger partial charge < -0.3 is 6.16 Å². The Hall–Kier alpha value is 1.11. The van der Waals surface area contributed by atoms with Crippen LogP contribution in [0.1, 0.15) is 22.2 Å². The van der Waals surface area contributed by atoms with E-state index in [4.69, 9.17) is 0 Å². The Morgan fingerprint density at radius 2 is 2.00 bits per heavy atom. The zero-order chi connectivity index (χ0) is 5.86. The molecular weight excluding hydrogens is 131 g/mol. The zero-order valence-corrected chi connectivity index (χ0v) is 9.02. The molecule has 0 unspecified atom stereocenters. The van der Waals surface area contributed by atoms with E-state index < -0.39 is 0 Å². The number of rotatable bonds is 1. The van der Waals surface area contributed by atoms with Crippen molar-refractivity contribution in [1.82, 2.24) is 0 Å². The topological polar surface area (TPSA) is 26.3 Å². The van der Waals surface area contributed by atoms with Gasteiger partial charge >= 0.3 is 57.4 Å². The van der Waals surface area contributed by atoms with E-state index in [9.17, 15) is 4.79 Å². The third-order valence-corrected chi connectivity index (χ3v) is 0.402. The molecule has 0 amide bonds. The molecule has 44 valence electrons. The maximum Gasteiger partial charge on any atom is 1.00 e. The molecule has 0 aliphatic rings. The van der Waals surface area contributed by atoms with Gasteiger partial charge in [-0.1, -0.05) is 0 Å². The molecule has 8 heavy (non-hydrogen) atoms. The first-order chi connectivity index (χ1) is 3.13. The van der Waals surface area contributed by atoms with Crippen molar-refractivity contribution in [2.45, 2.75) is 26.9 Å². The van der Waals surface area contributed by atoms with E-state index in [0.717, 1.165) is 0 Å². The summed E-state index contributed by atoms with van der Waals surface area (Å²) in [7, 11) is 0. The molecule has 0 bridgehead atoms. The molecule has 0 radical (unpaired) electrons. The molecule has 0 saturated carbocycles. The standard InChI is InChI=1S/C5H10O2.K.H/c1-4(2)7-5(3)6;;/h4H,1-3H3;;/q;+1;-1. The van der Waals surface area contributed by atoms with Gasteiger partial charge in [0.2, 0.25) is 0 Å². The molecule has 0 spiro atoms. The second kappa shape index (κ2) is 6.23. The molecule has 2 nitrogen and oxygen atoms in total. The van der Waals surface area contributed by atoms with Crippen molar-refractivity contribution >= 4 is 5.97 Å². The largest absolute Gasteiger partial charge is 1.00 e. The summed E-state index contributed by atoms with van der Waals surface area (Å²) < 4.78 is 4.61. The summed E-state index contributed by atoms with van der Waals surface area (Å²) in [4.78, 5) is 10.0. The summed E-state index contributed by atoms with van der Waals surface area (Å²) in [6, 6.07) is 0. The molecule has 0 fully saturated rings. The average Bonchev–Trinajstić information content (AvgIpc) is 1.27. The second-order valence-electron chi connectivity index (χ2n) is 1.66. The molecule has 0 rings (SSSR count). The number of hydrogen-bond donors (Lipinski definition) is 0. The smallest absolute Gasteiger partial charge is 1.00 e. The summed E-state index contributed by atoms with van der Waals surface area (Å²) >= 11 is 0. The van der Waals surface area contributed by atoms with E-state index in [2.05, 4.69) is 4.74 Å². The van der Waals surface area contributed by atoms with Crippen LogP contribution in [-0.2, 0) is 9.53 Å². The van der Waals surface area contributed by atoms with Gasteiger partial charge in [-0.3, -0.25) is 4.79 Å². The predicted molar refractivity (Wildman–Crippen MR) is 28.0 cm³/mol. The molecular formula is C5H11KO2. The minimum absolute atomic E-state index is 0. The van der Waals surface area contributed by atoms with Gasteiger partial charge in [-0.25, -0.2) is 0 Å². The Morgan fingerprint density at radius 1 is 1.62 bits per heavy atom. The van der Waals surface area contributed by atoms with Gasteiger partial charge in [0, 0.05) is 6.92 Å². The first kappa shape index (κ1) is 11.8. The van der Waals surface area contributed by atoms with Crippen LogP contribution in [0.5, 0.6) is 0 Å². The summed E-state index contributed by atoms with van der Waals surface area (Å²) in [6.45, 7) is 5.04. The molecule has 0 atom stereocenters. The van der Waals surface area contributed by atoms with E-state index in [0.29, 0.717) is 0 Å². The fourth-order valence-corrected chi connectivity index (χ4v) is 0.332. The fourth-order valence-electron chi connectivity index (χ4n) is 0.332. The van der Waals surface area contributed by atoms with Crippen molar-refractivity contribution in [3.8, 4) is 0 Å². The Balaban J connectivity index is -0.000000180. The summed E-state index contributed by atoms with van der Waals surface area (Å²) in [5, 5.41) is 0. The molecule has 0 saturated heterocycles. The van der Waals surface area contributed by atoms with E-state index in [1.807, 2.05) is 13.8 Å². The molecule has 0 aliphatic carbocycles. The Morgan fingerprint density at radius 3 is 2.00 bits per heavy atom. The Labute approximate surface area is 93.9 Å². The van der Waals surface area contributed by atoms with Crippen molar-refractivity contribution in [1.29, 1.82) is 0 Å². The molecule has 0 N–H and O–H groups in total. The normalized spacial score (nSPS) is 8.00. The van der Waals surface area contributed by atoms with E-state index >= 15 is 0 Å². The van der Waals surface area contributed by atoms with Crippen LogP contribution in [0.15, 0.2) is 0 Å². The second-order valence-corrected chi connectivity index (χ2v) is 1.66. The van der Waals surface area contributed by atoms with Crippen molar-refractivity contribution < 1.29 is 62.3 Å². The molecule has 0 aromatic rings. The molecule has 3 heteroatoms. The molecule has 0 heterocycles. The van der Waals surface area contributed by atoms with Crippen molar-refractivity contribution in [3.63, 3.8) is 0 Å². The minimum Gasteiger partial charge on any atom is -1.00 e. The van der Waals surface area contributed by atoms with E-state index in [1.165, 1.54) is 6.92 Å². The first-order valence-corrected chi connectivity index (χ1v) is 2.30. The summed E-state index contributed by atoms with van der Waals surface area (Å²) in [6.07, 6.45) is 0.0255. The van der Waals surface area contributed by atoms with Crippen molar-refractivity contribution in [2.75, 3.05) is 0 Å². The Bertz CT molecular complexity index is 75.4. The van der Waals surface area contributed by atoms with Crippen LogP contribution in [0.4, 0.5) is 0 Å². The van der Waals surface area contributed by atoms with Crippen molar-refractivity contribution in [3.05, 3.63) is 0 Å². The van der Waals surface area contributed by atoms with Gasteiger partial charge in [-0.2, -0.15) is 0 Å².